The van der Waals surface area contributed by atoms with E-state index in [2.05, 4.69) is 24.9 Å². The third-order valence-corrected chi connectivity index (χ3v) is 5.99. The summed E-state index contributed by atoms with van der Waals surface area (Å²) >= 11 is 0. The van der Waals surface area contributed by atoms with E-state index in [1.54, 1.807) is 12.1 Å². The van der Waals surface area contributed by atoms with E-state index in [0.29, 0.717) is 23.8 Å². The van der Waals surface area contributed by atoms with Crippen LogP contribution >= 0.6 is 0 Å². The lowest BCUT2D eigenvalue weighted by Gasteiger charge is -2.17. The summed E-state index contributed by atoms with van der Waals surface area (Å²) in [5.74, 6) is 2.07. The second kappa shape index (κ2) is 8.66. The molecule has 1 fully saturated rings. The van der Waals surface area contributed by atoms with Gasteiger partial charge in [-0.2, -0.15) is 0 Å². The van der Waals surface area contributed by atoms with Crippen LogP contribution in [0.15, 0.2) is 35.2 Å². The summed E-state index contributed by atoms with van der Waals surface area (Å²) in [4.78, 5) is 22.6. The van der Waals surface area contributed by atoms with Crippen LogP contribution in [0, 0.1) is 6.92 Å². The van der Waals surface area contributed by atoms with Crippen LogP contribution in [-0.2, 0) is 10.0 Å². The van der Waals surface area contributed by atoms with Gasteiger partial charge in [0.15, 0.2) is 5.78 Å². The highest BCUT2D eigenvalue weighted by molar-refractivity contribution is 7.89. The molecule has 8 nitrogen and oxygen atoms in total. The van der Waals surface area contributed by atoms with E-state index in [1.807, 2.05) is 13.0 Å². The molecule has 3 rings (SSSR count). The normalized spacial score (nSPS) is 14.3. The van der Waals surface area contributed by atoms with Gasteiger partial charge in [-0.05, 0) is 38.8 Å². The Bertz CT molecular complexity index is 956. The summed E-state index contributed by atoms with van der Waals surface area (Å²) in [6.07, 6.45) is 2.33. The Morgan fingerprint density at radius 3 is 2.61 bits per heavy atom. The monoisotopic (exact) mass is 403 g/mol. The van der Waals surface area contributed by atoms with Gasteiger partial charge >= 0.3 is 0 Å². The number of aromatic nitrogens is 2. The maximum Gasteiger partial charge on any atom is 0.240 e. The fourth-order valence-corrected chi connectivity index (χ4v) is 4.17. The van der Waals surface area contributed by atoms with Crippen LogP contribution in [0.25, 0.3) is 0 Å². The highest BCUT2D eigenvalue weighted by Crippen LogP contribution is 2.20. The molecule has 2 N–H and O–H groups in total. The van der Waals surface area contributed by atoms with Gasteiger partial charge < -0.3 is 10.2 Å². The Balaban J connectivity index is 1.58. The second-order valence-corrected chi connectivity index (χ2v) is 8.53. The van der Waals surface area contributed by atoms with Crippen molar-refractivity contribution in [3.63, 3.8) is 0 Å². The number of hydrogen-bond donors (Lipinski definition) is 2. The number of benzene rings is 1. The Labute approximate surface area is 165 Å². The lowest BCUT2D eigenvalue weighted by molar-refractivity contribution is 0.101. The summed E-state index contributed by atoms with van der Waals surface area (Å²) < 4.78 is 27.4. The van der Waals surface area contributed by atoms with Crippen molar-refractivity contribution >= 4 is 27.4 Å². The minimum atomic E-state index is -3.68. The van der Waals surface area contributed by atoms with E-state index in [4.69, 9.17) is 0 Å². The van der Waals surface area contributed by atoms with Gasteiger partial charge in [0.05, 0.1) is 4.90 Å². The molecule has 0 amide bonds. The largest absolute Gasteiger partial charge is 0.369 e. The number of carbonyl (C=O) groups is 1. The van der Waals surface area contributed by atoms with Gasteiger partial charge in [-0.15, -0.1) is 0 Å². The number of carbonyl (C=O) groups excluding carboxylic acids is 1. The maximum absolute atomic E-state index is 12.4. The smallest absolute Gasteiger partial charge is 0.240 e. The summed E-state index contributed by atoms with van der Waals surface area (Å²) in [5, 5.41) is 3.14. The number of anilines is 2. The molecule has 0 radical (unpaired) electrons. The molecule has 1 aliphatic rings. The third-order valence-electron chi connectivity index (χ3n) is 4.53. The topological polar surface area (TPSA) is 104 Å². The Hall–Kier alpha value is -2.52. The van der Waals surface area contributed by atoms with E-state index in [-0.39, 0.29) is 17.2 Å². The van der Waals surface area contributed by atoms with E-state index in [0.717, 1.165) is 18.9 Å². The van der Waals surface area contributed by atoms with E-state index in [9.17, 15) is 13.2 Å². The zero-order valence-electron chi connectivity index (χ0n) is 16.1. The summed E-state index contributed by atoms with van der Waals surface area (Å²) in [6, 6.07) is 7.90. The van der Waals surface area contributed by atoms with Gasteiger partial charge in [-0.25, -0.2) is 23.1 Å². The second-order valence-electron chi connectivity index (χ2n) is 6.76. The molecule has 1 aromatic heterocycles. The molecule has 0 spiro atoms. The van der Waals surface area contributed by atoms with Gasteiger partial charge in [0.25, 0.3) is 0 Å². The molecule has 9 heteroatoms. The first-order valence-corrected chi connectivity index (χ1v) is 10.8. The highest BCUT2D eigenvalue weighted by atomic mass is 32.2. The predicted octanol–water partition coefficient (Wildman–Crippen LogP) is 1.98. The zero-order valence-corrected chi connectivity index (χ0v) is 16.9. The van der Waals surface area contributed by atoms with Gasteiger partial charge in [0.1, 0.15) is 17.5 Å². The molecule has 2 aromatic rings. The van der Waals surface area contributed by atoms with Crippen molar-refractivity contribution in [2.75, 3.05) is 36.4 Å². The number of hydrogen-bond acceptors (Lipinski definition) is 7. The van der Waals surface area contributed by atoms with E-state index < -0.39 is 10.0 Å². The van der Waals surface area contributed by atoms with Gasteiger partial charge in [0.2, 0.25) is 10.0 Å². The van der Waals surface area contributed by atoms with Gasteiger partial charge in [0, 0.05) is 37.8 Å². The third kappa shape index (κ3) is 5.05. The Kier molecular flexibility index (Phi) is 6.25. The van der Waals surface area contributed by atoms with E-state index >= 15 is 0 Å². The standard InChI is InChI=1S/C19H25N5O3S/c1-14(25)16-6-5-7-17(12-16)28(26,27)21-9-8-20-18-13-19(23-15(2)22-18)24-10-3-4-11-24/h5-7,12-13,21H,3-4,8-11H2,1-2H3,(H,20,22,23). The molecular weight excluding hydrogens is 378 g/mol. The number of nitrogens with zero attached hydrogens (tertiary/aromatic N) is 3. The van der Waals surface area contributed by atoms with Crippen LogP contribution in [0.5, 0.6) is 0 Å². The Morgan fingerprint density at radius 1 is 1.14 bits per heavy atom. The number of Topliss-reactive ketones (excluding diaryl/α,β-unsaturated/α-hetero) is 1. The summed E-state index contributed by atoms with van der Waals surface area (Å²) in [7, 11) is -3.68. The number of ketones is 1. The minimum absolute atomic E-state index is 0.0781. The fourth-order valence-electron chi connectivity index (χ4n) is 3.09. The minimum Gasteiger partial charge on any atom is -0.369 e. The molecule has 1 saturated heterocycles. The maximum atomic E-state index is 12.4. The van der Waals surface area contributed by atoms with Gasteiger partial charge in [-0.1, -0.05) is 12.1 Å². The number of rotatable bonds is 8. The zero-order chi connectivity index (χ0) is 20.1. The molecule has 28 heavy (non-hydrogen) atoms. The van der Waals surface area contributed by atoms with Crippen LogP contribution in [0.2, 0.25) is 0 Å². The van der Waals surface area contributed by atoms with Crippen molar-refractivity contribution in [1.29, 1.82) is 0 Å². The molecule has 0 saturated carbocycles. The van der Waals surface area contributed by atoms with Crippen molar-refractivity contribution in [2.24, 2.45) is 0 Å². The molecule has 0 aliphatic carbocycles. The summed E-state index contributed by atoms with van der Waals surface area (Å²) in [5.41, 5.74) is 0.368. The molecular formula is C19H25N5O3S. The predicted molar refractivity (Wildman–Crippen MR) is 108 cm³/mol. The quantitative estimate of drug-likeness (QED) is 0.513. The molecule has 0 unspecified atom stereocenters. The van der Waals surface area contributed by atoms with Crippen molar-refractivity contribution in [1.82, 2.24) is 14.7 Å². The van der Waals surface area contributed by atoms with Crippen molar-refractivity contribution in [2.45, 2.75) is 31.6 Å². The van der Waals surface area contributed by atoms with E-state index in [1.165, 1.54) is 31.9 Å². The first-order valence-electron chi connectivity index (χ1n) is 9.30. The Morgan fingerprint density at radius 2 is 1.89 bits per heavy atom. The van der Waals surface area contributed by atoms with Crippen LogP contribution in [0.4, 0.5) is 11.6 Å². The molecule has 0 atom stereocenters. The van der Waals surface area contributed by atoms with Crippen LogP contribution in [0.3, 0.4) is 0 Å². The SMILES string of the molecule is CC(=O)c1cccc(S(=O)(=O)NCCNc2cc(N3CCCC3)nc(C)n2)c1. The molecule has 150 valence electrons. The van der Waals surface area contributed by atoms with Crippen molar-refractivity contribution < 1.29 is 13.2 Å². The fraction of sp³-hybridized carbons (Fsp3) is 0.421. The average Bonchev–Trinajstić information content (AvgIpc) is 3.20. The molecule has 0 bridgehead atoms. The lowest BCUT2D eigenvalue weighted by atomic mass is 10.2. The van der Waals surface area contributed by atoms with Crippen molar-refractivity contribution in [3.05, 3.63) is 41.7 Å². The number of sulfonamides is 1. The molecule has 2 heterocycles. The molecule has 1 aliphatic heterocycles. The lowest BCUT2D eigenvalue weighted by Crippen LogP contribution is -2.29. The van der Waals surface area contributed by atoms with Crippen LogP contribution < -0.4 is 14.9 Å². The van der Waals surface area contributed by atoms with Crippen molar-refractivity contribution in [3.8, 4) is 0 Å². The molecule has 1 aromatic carbocycles. The van der Waals surface area contributed by atoms with Crippen LogP contribution in [0.1, 0.15) is 35.9 Å². The first kappa shape index (κ1) is 20.2. The van der Waals surface area contributed by atoms with Crippen LogP contribution in [-0.4, -0.2) is 50.3 Å². The number of aryl methyl sites for hydroxylation is 1. The first-order chi connectivity index (χ1) is 13.3. The summed E-state index contributed by atoms with van der Waals surface area (Å²) in [6.45, 7) is 5.80. The average molecular weight is 404 g/mol. The number of nitrogens with one attached hydrogen (secondary N) is 2. The highest BCUT2D eigenvalue weighted by Gasteiger charge is 2.16. The van der Waals surface area contributed by atoms with Gasteiger partial charge in [-0.3, -0.25) is 4.79 Å².